The zero-order valence-corrected chi connectivity index (χ0v) is 22.2. The first-order chi connectivity index (χ1) is 21.0. The lowest BCUT2D eigenvalue weighted by atomic mass is 10.0. The predicted octanol–water partition coefficient (Wildman–Crippen LogP) is -0.163. The molecule has 0 aliphatic heterocycles. The monoisotopic (exact) mass is 560 g/mol. The van der Waals surface area contributed by atoms with E-state index in [4.69, 9.17) is 12.6 Å². The maximum Gasteiger partial charge on any atom is 0.326 e. The number of hydrogen-bond acceptors (Lipinski definition) is 7. The van der Waals surface area contributed by atoms with Crippen LogP contribution < -0.4 is 27.0 Å². The Hall–Kier alpha value is -4.45. The van der Waals surface area contributed by atoms with Crippen molar-refractivity contribution in [2.24, 2.45) is 11.7 Å². The van der Waals surface area contributed by atoms with E-state index in [1.807, 2.05) is 0 Å². The zero-order chi connectivity index (χ0) is 34.0. The van der Waals surface area contributed by atoms with Crippen LogP contribution in [0.2, 0.25) is 0 Å². The Labute approximate surface area is 239 Å². The van der Waals surface area contributed by atoms with Crippen molar-refractivity contribution in [1.29, 1.82) is 0 Å². The summed E-state index contributed by atoms with van der Waals surface area (Å²) in [4.78, 5) is 62.2. The van der Waals surface area contributed by atoms with Crippen LogP contribution in [0.5, 0.6) is 5.75 Å². The van der Waals surface area contributed by atoms with Crippen molar-refractivity contribution >= 4 is 29.6 Å². The van der Waals surface area contributed by atoms with Crippen LogP contribution in [-0.2, 0) is 36.8 Å². The van der Waals surface area contributed by atoms with Crippen LogP contribution in [0.25, 0.3) is 0 Å². The minimum atomic E-state index is -1.58. The van der Waals surface area contributed by atoms with Gasteiger partial charge in [-0.1, -0.05) is 56.2 Å². The van der Waals surface area contributed by atoms with Crippen molar-refractivity contribution in [3.63, 3.8) is 0 Å². The minimum Gasteiger partial charge on any atom is -0.508 e. The summed E-state index contributed by atoms with van der Waals surface area (Å²) in [6.07, 6.45) is -0.394. The summed E-state index contributed by atoms with van der Waals surface area (Å²) in [5, 5.41) is 28.1. The quantitative estimate of drug-likeness (QED) is 0.156. The lowest BCUT2D eigenvalue weighted by Gasteiger charge is -2.22. The third-order valence-corrected chi connectivity index (χ3v) is 5.53. The second-order valence-electron chi connectivity index (χ2n) is 9.43. The number of carboxylic acids is 1. The van der Waals surface area contributed by atoms with Gasteiger partial charge in [-0.15, -0.1) is 0 Å². The molecule has 0 spiro atoms. The standard InChI is InChI=1S/C28H37N5O7/c1-17(2)12-23(28(39)40)33-27(38)22(14-18-6-4-3-5-7-18)32-25(36)16-30-24(35)15-31-26(37)21(29)13-19-8-10-20(34)11-9-19/h3-11,17,21-23,34H,12-16,29H2,1-2H3,(H,30,35)(H,31,37)(H,32,36)(H,33,38)(H,39,40)/t21-,22-,23-/m0/s1/i3D,4D,5D,6D,7D. The molecule has 0 fully saturated rings. The Morgan fingerprint density at radius 2 is 1.45 bits per heavy atom. The van der Waals surface area contributed by atoms with E-state index in [0.717, 1.165) is 0 Å². The molecular formula is C28H37N5O7. The summed E-state index contributed by atoms with van der Waals surface area (Å²) in [5.74, 6) is -4.72. The second kappa shape index (κ2) is 15.8. The maximum atomic E-state index is 13.2. The summed E-state index contributed by atoms with van der Waals surface area (Å²) < 4.78 is 39.8. The molecule has 0 unspecified atom stereocenters. The molecule has 0 bridgehead atoms. The van der Waals surface area contributed by atoms with Crippen molar-refractivity contribution in [3.05, 3.63) is 65.6 Å². The van der Waals surface area contributed by atoms with Crippen LogP contribution in [0.4, 0.5) is 0 Å². The fraction of sp³-hybridized carbons (Fsp3) is 0.393. The normalized spacial score (nSPS) is 14.8. The summed E-state index contributed by atoms with van der Waals surface area (Å²) >= 11 is 0. The van der Waals surface area contributed by atoms with Gasteiger partial charge in [0.05, 0.1) is 26.0 Å². The van der Waals surface area contributed by atoms with E-state index in [1.165, 1.54) is 12.1 Å². The van der Waals surface area contributed by atoms with E-state index in [0.29, 0.717) is 5.56 Å². The number of rotatable bonds is 15. The molecule has 2 aromatic carbocycles. The minimum absolute atomic E-state index is 0.0501. The van der Waals surface area contributed by atoms with Gasteiger partial charge < -0.3 is 37.2 Å². The summed E-state index contributed by atoms with van der Waals surface area (Å²) in [7, 11) is 0. The molecule has 0 heterocycles. The van der Waals surface area contributed by atoms with Crippen molar-refractivity contribution in [2.45, 2.75) is 51.2 Å². The number of carbonyl (C=O) groups excluding carboxylic acids is 4. The largest absolute Gasteiger partial charge is 0.508 e. The number of nitrogens with two attached hydrogens (primary N) is 1. The van der Waals surface area contributed by atoms with Gasteiger partial charge in [0.2, 0.25) is 23.6 Å². The van der Waals surface area contributed by atoms with Gasteiger partial charge in [0.1, 0.15) is 17.8 Å². The highest BCUT2D eigenvalue weighted by atomic mass is 16.4. The number of aliphatic carboxylic acids is 1. The molecule has 0 saturated heterocycles. The van der Waals surface area contributed by atoms with E-state index in [2.05, 4.69) is 21.3 Å². The van der Waals surface area contributed by atoms with Crippen LogP contribution in [0.15, 0.2) is 54.5 Å². The molecule has 216 valence electrons. The number of benzene rings is 2. The summed E-state index contributed by atoms with van der Waals surface area (Å²) in [6.45, 7) is 2.27. The van der Waals surface area contributed by atoms with Gasteiger partial charge in [-0.2, -0.15) is 0 Å². The van der Waals surface area contributed by atoms with E-state index >= 15 is 0 Å². The molecule has 0 aliphatic carbocycles. The molecule has 2 aromatic rings. The number of carbonyl (C=O) groups is 5. The number of amides is 4. The highest BCUT2D eigenvalue weighted by Crippen LogP contribution is 2.11. The van der Waals surface area contributed by atoms with Crippen LogP contribution in [-0.4, -0.2) is 71.0 Å². The summed E-state index contributed by atoms with van der Waals surface area (Å²) in [6, 6.07) is -1.03. The van der Waals surface area contributed by atoms with Crippen molar-refractivity contribution < 1.29 is 41.0 Å². The molecule has 40 heavy (non-hydrogen) atoms. The summed E-state index contributed by atoms with van der Waals surface area (Å²) in [5.41, 5.74) is 6.26. The van der Waals surface area contributed by atoms with Gasteiger partial charge in [0, 0.05) is 6.42 Å². The van der Waals surface area contributed by atoms with E-state index in [9.17, 15) is 34.2 Å². The number of carboxylic acid groups (broad SMARTS) is 1. The van der Waals surface area contributed by atoms with Crippen LogP contribution in [0.3, 0.4) is 0 Å². The fourth-order valence-corrected chi connectivity index (χ4v) is 3.52. The van der Waals surface area contributed by atoms with Crippen molar-refractivity contribution in [3.8, 4) is 5.75 Å². The Balaban J connectivity index is 2.08. The molecule has 12 nitrogen and oxygen atoms in total. The topological polar surface area (TPSA) is 200 Å². The molecule has 0 saturated carbocycles. The van der Waals surface area contributed by atoms with Crippen LogP contribution >= 0.6 is 0 Å². The molecule has 0 radical (unpaired) electrons. The average molecular weight is 561 g/mol. The van der Waals surface area contributed by atoms with Crippen LogP contribution in [0.1, 0.15) is 38.2 Å². The first-order valence-electron chi connectivity index (χ1n) is 15.0. The molecular weight excluding hydrogens is 518 g/mol. The Morgan fingerprint density at radius 1 is 0.825 bits per heavy atom. The Kier molecular flexibility index (Phi) is 9.73. The van der Waals surface area contributed by atoms with E-state index in [1.54, 1.807) is 26.0 Å². The molecule has 2 rings (SSSR count). The number of aromatic hydroxyl groups is 1. The Bertz CT molecular complexity index is 1400. The molecule has 3 atom stereocenters. The molecule has 8 N–H and O–H groups in total. The maximum absolute atomic E-state index is 13.2. The third-order valence-electron chi connectivity index (χ3n) is 5.53. The third kappa shape index (κ3) is 11.5. The fourth-order valence-electron chi connectivity index (χ4n) is 3.52. The van der Waals surface area contributed by atoms with Gasteiger partial charge in [0.15, 0.2) is 0 Å². The molecule has 12 heteroatoms. The van der Waals surface area contributed by atoms with Crippen molar-refractivity contribution in [1.82, 2.24) is 21.3 Å². The van der Waals surface area contributed by atoms with E-state index < -0.39 is 97.4 Å². The number of phenolic OH excluding ortho intramolecular Hbond substituents is 1. The lowest BCUT2D eigenvalue weighted by Crippen LogP contribution is -2.54. The van der Waals surface area contributed by atoms with Crippen LogP contribution in [0, 0.1) is 5.92 Å². The Morgan fingerprint density at radius 3 is 2.05 bits per heavy atom. The molecule has 4 amide bonds. The SMILES string of the molecule is [2H]c1c([2H])c([2H])c(C[C@H](NC(=O)CNC(=O)CNC(=O)[C@@H](N)Cc2ccc(O)cc2)C(=O)N[C@@H](CC(C)C)C(=O)O)c([2H])c1[2H]. The number of hydrogen-bond donors (Lipinski definition) is 7. The first-order valence-corrected chi connectivity index (χ1v) is 12.5. The zero-order valence-electron chi connectivity index (χ0n) is 27.2. The highest BCUT2D eigenvalue weighted by molar-refractivity contribution is 5.93. The van der Waals surface area contributed by atoms with Gasteiger partial charge in [-0.25, -0.2) is 4.79 Å². The van der Waals surface area contributed by atoms with Gasteiger partial charge in [0.25, 0.3) is 0 Å². The first kappa shape index (κ1) is 24.6. The van der Waals surface area contributed by atoms with Gasteiger partial charge in [-0.05, 0) is 42.0 Å². The van der Waals surface area contributed by atoms with Gasteiger partial charge in [-0.3, -0.25) is 19.2 Å². The molecule has 0 aromatic heterocycles. The predicted molar refractivity (Wildman–Crippen MR) is 147 cm³/mol. The number of nitrogens with one attached hydrogen (secondary N) is 4. The average Bonchev–Trinajstić information content (AvgIpc) is 2.98. The van der Waals surface area contributed by atoms with E-state index in [-0.39, 0.29) is 30.1 Å². The smallest absolute Gasteiger partial charge is 0.326 e. The molecule has 0 aliphatic rings. The number of phenols is 1. The van der Waals surface area contributed by atoms with Crippen molar-refractivity contribution in [2.75, 3.05) is 13.1 Å². The highest BCUT2D eigenvalue weighted by Gasteiger charge is 2.27. The lowest BCUT2D eigenvalue weighted by molar-refractivity contribution is -0.142. The van der Waals surface area contributed by atoms with Gasteiger partial charge >= 0.3 is 5.97 Å². The second-order valence-corrected chi connectivity index (χ2v) is 9.43.